The number of rotatable bonds is 4. The van der Waals surface area contributed by atoms with Crippen LogP contribution in [-0.4, -0.2) is 38.7 Å². The van der Waals surface area contributed by atoms with Crippen LogP contribution in [0.15, 0.2) is 40.1 Å². The SMILES string of the molecule is O=C(c1cc[nH]c(=O)c1)N1CCC(Cn2nc(C3CC3)ccc2=O)CC1. The fourth-order valence-electron chi connectivity index (χ4n) is 3.52. The third kappa shape index (κ3) is 3.61. The molecule has 0 spiro atoms. The number of H-pyrrole nitrogens is 1. The third-order valence-electron chi connectivity index (χ3n) is 5.24. The van der Waals surface area contributed by atoms with Crippen LogP contribution in [0.2, 0.25) is 0 Å². The van der Waals surface area contributed by atoms with Crippen molar-refractivity contribution in [3.05, 3.63) is 62.4 Å². The normalized spacial score (nSPS) is 18.1. The van der Waals surface area contributed by atoms with E-state index in [1.54, 1.807) is 21.7 Å². The van der Waals surface area contributed by atoms with Crippen LogP contribution in [0.5, 0.6) is 0 Å². The predicted octanol–water partition coefficient (Wildman–Crippen LogP) is 1.36. The van der Waals surface area contributed by atoms with Crippen molar-refractivity contribution < 1.29 is 4.79 Å². The summed E-state index contributed by atoms with van der Waals surface area (Å²) in [5.41, 5.74) is 1.11. The minimum atomic E-state index is -0.272. The van der Waals surface area contributed by atoms with Gasteiger partial charge >= 0.3 is 0 Å². The van der Waals surface area contributed by atoms with Crippen molar-refractivity contribution in [2.45, 2.75) is 38.1 Å². The van der Waals surface area contributed by atoms with Crippen LogP contribution in [0.3, 0.4) is 0 Å². The van der Waals surface area contributed by atoms with Crippen LogP contribution < -0.4 is 11.1 Å². The molecule has 26 heavy (non-hydrogen) atoms. The lowest BCUT2D eigenvalue weighted by Gasteiger charge is -2.32. The van der Waals surface area contributed by atoms with E-state index in [1.807, 2.05) is 6.07 Å². The second kappa shape index (κ2) is 6.90. The maximum atomic E-state index is 12.5. The van der Waals surface area contributed by atoms with E-state index in [0.29, 0.717) is 37.0 Å². The van der Waals surface area contributed by atoms with Gasteiger partial charge in [0.25, 0.3) is 11.5 Å². The summed E-state index contributed by atoms with van der Waals surface area (Å²) in [6, 6.07) is 6.43. The van der Waals surface area contributed by atoms with Crippen molar-refractivity contribution in [2.24, 2.45) is 5.92 Å². The van der Waals surface area contributed by atoms with E-state index < -0.39 is 0 Å². The summed E-state index contributed by atoms with van der Waals surface area (Å²) in [7, 11) is 0. The van der Waals surface area contributed by atoms with Crippen molar-refractivity contribution in [2.75, 3.05) is 13.1 Å². The van der Waals surface area contributed by atoms with Crippen LogP contribution in [0.1, 0.15) is 47.7 Å². The molecule has 0 aromatic carbocycles. The molecule has 1 aliphatic carbocycles. The molecular weight excluding hydrogens is 332 g/mol. The van der Waals surface area contributed by atoms with Gasteiger partial charge in [0.15, 0.2) is 0 Å². The van der Waals surface area contributed by atoms with E-state index in [-0.39, 0.29) is 17.0 Å². The Bertz CT molecular complexity index is 921. The minimum absolute atomic E-state index is 0.0589. The highest BCUT2D eigenvalue weighted by atomic mass is 16.2. The van der Waals surface area contributed by atoms with Gasteiger partial charge in [-0.1, -0.05) is 0 Å². The van der Waals surface area contributed by atoms with Crippen molar-refractivity contribution in [3.63, 3.8) is 0 Å². The standard InChI is InChI=1S/C19H22N4O3/c24-17-11-15(5-8-20-17)19(26)22-9-6-13(7-10-22)12-23-18(25)4-3-16(21-23)14-1-2-14/h3-5,8,11,13-14H,1-2,6-7,9-10,12H2,(H,20,24). The number of aromatic amines is 1. The molecule has 2 aromatic heterocycles. The molecule has 3 heterocycles. The maximum Gasteiger partial charge on any atom is 0.266 e. The molecule has 4 rings (SSSR count). The first-order valence-corrected chi connectivity index (χ1v) is 9.16. The molecule has 2 aliphatic rings. The van der Waals surface area contributed by atoms with Crippen molar-refractivity contribution in [3.8, 4) is 0 Å². The molecular formula is C19H22N4O3. The summed E-state index contributed by atoms with van der Waals surface area (Å²) in [5.74, 6) is 0.744. The topological polar surface area (TPSA) is 88.1 Å². The smallest absolute Gasteiger partial charge is 0.266 e. The molecule has 1 amide bonds. The largest absolute Gasteiger partial charge is 0.339 e. The first-order valence-electron chi connectivity index (χ1n) is 9.16. The molecule has 136 valence electrons. The number of hydrogen-bond acceptors (Lipinski definition) is 4. The molecule has 7 nitrogen and oxygen atoms in total. The monoisotopic (exact) mass is 354 g/mol. The highest BCUT2D eigenvalue weighted by molar-refractivity contribution is 5.94. The third-order valence-corrected chi connectivity index (χ3v) is 5.24. The molecule has 1 aliphatic heterocycles. The van der Waals surface area contributed by atoms with E-state index in [4.69, 9.17) is 0 Å². The fourth-order valence-corrected chi connectivity index (χ4v) is 3.52. The first kappa shape index (κ1) is 16.8. The Balaban J connectivity index is 1.38. The lowest BCUT2D eigenvalue weighted by Crippen LogP contribution is -2.40. The number of likely N-dealkylation sites (tertiary alicyclic amines) is 1. The summed E-state index contributed by atoms with van der Waals surface area (Å²) < 4.78 is 1.59. The first-order chi connectivity index (χ1) is 12.6. The van der Waals surface area contributed by atoms with Crippen LogP contribution in [0.25, 0.3) is 0 Å². The number of hydrogen-bond donors (Lipinski definition) is 1. The molecule has 7 heteroatoms. The fraction of sp³-hybridized carbons (Fsp3) is 0.474. The number of carbonyl (C=O) groups excluding carboxylic acids is 1. The highest BCUT2D eigenvalue weighted by Crippen LogP contribution is 2.38. The highest BCUT2D eigenvalue weighted by Gasteiger charge is 2.27. The van der Waals surface area contributed by atoms with Crippen molar-refractivity contribution in [1.29, 1.82) is 0 Å². The Morgan fingerprint density at radius 1 is 1.12 bits per heavy atom. The molecule has 0 bridgehead atoms. The van der Waals surface area contributed by atoms with Gasteiger partial charge in [-0.05, 0) is 43.7 Å². The minimum Gasteiger partial charge on any atom is -0.339 e. The molecule has 1 saturated heterocycles. The van der Waals surface area contributed by atoms with Gasteiger partial charge < -0.3 is 9.88 Å². The summed E-state index contributed by atoms with van der Waals surface area (Å²) in [6.07, 6.45) is 5.47. The zero-order valence-corrected chi connectivity index (χ0v) is 14.6. The Morgan fingerprint density at radius 2 is 1.88 bits per heavy atom. The predicted molar refractivity (Wildman–Crippen MR) is 96.2 cm³/mol. The van der Waals surface area contributed by atoms with E-state index in [2.05, 4.69) is 10.1 Å². The number of nitrogens with one attached hydrogen (secondary N) is 1. The second-order valence-corrected chi connectivity index (χ2v) is 7.23. The Kier molecular flexibility index (Phi) is 4.44. The lowest BCUT2D eigenvalue weighted by molar-refractivity contribution is 0.0680. The van der Waals surface area contributed by atoms with Gasteiger partial charge in [-0.3, -0.25) is 14.4 Å². The molecule has 0 unspecified atom stereocenters. The average molecular weight is 354 g/mol. The van der Waals surface area contributed by atoms with E-state index in [9.17, 15) is 14.4 Å². The second-order valence-electron chi connectivity index (χ2n) is 7.23. The number of piperidine rings is 1. The van der Waals surface area contributed by atoms with Gasteiger partial charge in [0, 0.05) is 49.4 Å². The maximum absolute atomic E-state index is 12.5. The van der Waals surface area contributed by atoms with Gasteiger partial charge in [0.05, 0.1) is 5.69 Å². The number of carbonyl (C=O) groups is 1. The number of aromatic nitrogens is 3. The van der Waals surface area contributed by atoms with Crippen LogP contribution in [0.4, 0.5) is 0 Å². The molecule has 0 atom stereocenters. The van der Waals surface area contributed by atoms with Crippen molar-refractivity contribution in [1.82, 2.24) is 19.7 Å². The van der Waals surface area contributed by atoms with Crippen LogP contribution in [0, 0.1) is 5.92 Å². The van der Waals surface area contributed by atoms with Gasteiger partial charge in [0.2, 0.25) is 5.56 Å². The van der Waals surface area contributed by atoms with Crippen LogP contribution in [-0.2, 0) is 6.54 Å². The lowest BCUT2D eigenvalue weighted by atomic mass is 9.96. The molecule has 2 fully saturated rings. The summed E-state index contributed by atoms with van der Waals surface area (Å²) >= 11 is 0. The molecule has 1 N–H and O–H groups in total. The van der Waals surface area contributed by atoms with E-state index in [1.165, 1.54) is 12.3 Å². The zero-order valence-electron chi connectivity index (χ0n) is 14.6. The quantitative estimate of drug-likeness (QED) is 0.898. The summed E-state index contributed by atoms with van der Waals surface area (Å²) in [4.78, 5) is 40.3. The van der Waals surface area contributed by atoms with E-state index in [0.717, 1.165) is 31.4 Å². The Labute approximate surface area is 150 Å². The van der Waals surface area contributed by atoms with Gasteiger partial charge in [-0.2, -0.15) is 5.10 Å². The summed E-state index contributed by atoms with van der Waals surface area (Å²) in [6.45, 7) is 1.87. The van der Waals surface area contributed by atoms with Crippen molar-refractivity contribution >= 4 is 5.91 Å². The van der Waals surface area contributed by atoms with Gasteiger partial charge in [-0.15, -0.1) is 0 Å². The zero-order chi connectivity index (χ0) is 18.1. The Hall–Kier alpha value is -2.70. The number of nitrogens with zero attached hydrogens (tertiary/aromatic N) is 3. The molecule has 2 aromatic rings. The van der Waals surface area contributed by atoms with Gasteiger partial charge in [0.1, 0.15) is 0 Å². The number of pyridine rings is 1. The molecule has 0 radical (unpaired) electrons. The molecule has 1 saturated carbocycles. The average Bonchev–Trinajstić information content (AvgIpc) is 3.49. The Morgan fingerprint density at radius 3 is 2.58 bits per heavy atom. The van der Waals surface area contributed by atoms with E-state index >= 15 is 0 Å². The number of amides is 1. The van der Waals surface area contributed by atoms with Crippen LogP contribution >= 0.6 is 0 Å². The summed E-state index contributed by atoms with van der Waals surface area (Å²) in [5, 5.41) is 4.53. The van der Waals surface area contributed by atoms with Gasteiger partial charge in [-0.25, -0.2) is 4.68 Å².